The molecule has 2 aromatic carbocycles. The molecule has 144 valence electrons. The minimum atomic E-state index is -0.368. The van der Waals surface area contributed by atoms with E-state index in [0.717, 1.165) is 34.1 Å². The number of amides is 1. The van der Waals surface area contributed by atoms with Crippen molar-refractivity contribution in [3.05, 3.63) is 64.8 Å². The van der Waals surface area contributed by atoms with Crippen LogP contribution in [0.1, 0.15) is 27.2 Å². The second-order valence-electron chi connectivity index (χ2n) is 7.00. The van der Waals surface area contributed by atoms with Crippen molar-refractivity contribution in [3.8, 4) is 5.75 Å². The van der Waals surface area contributed by atoms with E-state index in [0.29, 0.717) is 24.4 Å². The molecule has 0 saturated heterocycles. The van der Waals surface area contributed by atoms with Crippen molar-refractivity contribution in [2.75, 3.05) is 20.3 Å². The lowest BCUT2D eigenvalue weighted by molar-refractivity contribution is -0.134. The van der Waals surface area contributed by atoms with Crippen LogP contribution in [0.5, 0.6) is 5.75 Å². The lowest BCUT2D eigenvalue weighted by Crippen LogP contribution is -2.38. The summed E-state index contributed by atoms with van der Waals surface area (Å²) in [6, 6.07) is 13.1. The maximum atomic E-state index is 12.7. The molecule has 1 N–H and O–H groups in total. The first kappa shape index (κ1) is 18.1. The highest BCUT2D eigenvalue weighted by atomic mass is 16.5. The number of aromatic amines is 1. The van der Waals surface area contributed by atoms with Crippen LogP contribution in [0, 0.1) is 6.92 Å². The van der Waals surface area contributed by atoms with Crippen LogP contribution in [0.15, 0.2) is 42.5 Å². The molecule has 0 radical (unpaired) electrons. The number of nitrogens with zero attached hydrogens (tertiary/aromatic N) is 1. The molecule has 1 aliphatic heterocycles. The van der Waals surface area contributed by atoms with Gasteiger partial charge in [0.05, 0.1) is 12.7 Å². The Labute approximate surface area is 163 Å². The van der Waals surface area contributed by atoms with E-state index in [1.54, 1.807) is 11.0 Å². The first-order valence-corrected chi connectivity index (χ1v) is 9.24. The van der Waals surface area contributed by atoms with Gasteiger partial charge in [-0.2, -0.15) is 0 Å². The molecule has 1 aromatic heterocycles. The highest BCUT2D eigenvalue weighted by molar-refractivity contribution is 5.96. The number of aromatic nitrogens is 1. The molecule has 6 heteroatoms. The summed E-state index contributed by atoms with van der Waals surface area (Å²) in [7, 11) is 1.37. The SMILES string of the molecule is COC(=O)c1ccc2[nH]c3c(c2c1)CN(C(=O)COc1cccc(C)c1)CC3. The first-order chi connectivity index (χ1) is 13.5. The molecular weight excluding hydrogens is 356 g/mol. The fourth-order valence-corrected chi connectivity index (χ4v) is 3.61. The van der Waals surface area contributed by atoms with Crippen molar-refractivity contribution in [1.82, 2.24) is 9.88 Å². The van der Waals surface area contributed by atoms with Crippen LogP contribution >= 0.6 is 0 Å². The second-order valence-corrected chi connectivity index (χ2v) is 7.00. The molecule has 1 amide bonds. The molecule has 0 atom stereocenters. The smallest absolute Gasteiger partial charge is 0.337 e. The summed E-state index contributed by atoms with van der Waals surface area (Å²) in [5.74, 6) is 0.277. The highest BCUT2D eigenvalue weighted by Gasteiger charge is 2.25. The number of esters is 1. The summed E-state index contributed by atoms with van der Waals surface area (Å²) >= 11 is 0. The number of methoxy groups -OCH3 is 1. The van der Waals surface area contributed by atoms with Gasteiger partial charge in [-0.3, -0.25) is 4.79 Å². The fourth-order valence-electron chi connectivity index (χ4n) is 3.61. The number of hydrogen-bond donors (Lipinski definition) is 1. The Bertz CT molecular complexity index is 1050. The summed E-state index contributed by atoms with van der Waals surface area (Å²) in [5.41, 5.74) is 4.72. The van der Waals surface area contributed by atoms with Crippen molar-refractivity contribution in [2.24, 2.45) is 0 Å². The van der Waals surface area contributed by atoms with Crippen LogP contribution in [0.4, 0.5) is 0 Å². The van der Waals surface area contributed by atoms with Crippen LogP contribution < -0.4 is 4.74 Å². The van der Waals surface area contributed by atoms with Crippen molar-refractivity contribution >= 4 is 22.8 Å². The van der Waals surface area contributed by atoms with Gasteiger partial charge in [0.15, 0.2) is 6.61 Å². The van der Waals surface area contributed by atoms with Crippen molar-refractivity contribution in [2.45, 2.75) is 19.9 Å². The Morgan fingerprint density at radius 2 is 2.04 bits per heavy atom. The molecule has 3 aromatic rings. The van der Waals surface area contributed by atoms with Crippen LogP contribution in [0.2, 0.25) is 0 Å². The van der Waals surface area contributed by atoms with Gasteiger partial charge in [0.2, 0.25) is 0 Å². The number of benzene rings is 2. The van der Waals surface area contributed by atoms with Gasteiger partial charge < -0.3 is 19.4 Å². The van der Waals surface area contributed by atoms with Crippen molar-refractivity contribution < 1.29 is 19.1 Å². The van der Waals surface area contributed by atoms with Crippen molar-refractivity contribution in [1.29, 1.82) is 0 Å². The Morgan fingerprint density at radius 1 is 1.18 bits per heavy atom. The number of carbonyl (C=O) groups excluding carboxylic acids is 2. The van der Waals surface area contributed by atoms with E-state index in [1.807, 2.05) is 43.3 Å². The Hall–Kier alpha value is -3.28. The van der Waals surface area contributed by atoms with Gasteiger partial charge in [-0.1, -0.05) is 12.1 Å². The zero-order valence-electron chi connectivity index (χ0n) is 16.0. The molecule has 6 nitrogen and oxygen atoms in total. The van der Waals surface area contributed by atoms with Crippen LogP contribution in [-0.4, -0.2) is 42.0 Å². The largest absolute Gasteiger partial charge is 0.484 e. The number of fused-ring (bicyclic) bond motifs is 3. The standard InChI is InChI=1S/C22H22N2O4/c1-14-4-3-5-16(10-14)28-13-21(25)24-9-8-20-18(12-24)17-11-15(22(26)27-2)6-7-19(17)23-20/h3-7,10-11,23H,8-9,12-13H2,1-2H3. The van der Waals surface area contributed by atoms with E-state index in [1.165, 1.54) is 7.11 Å². The number of hydrogen-bond acceptors (Lipinski definition) is 4. The molecule has 0 fully saturated rings. The highest BCUT2D eigenvalue weighted by Crippen LogP contribution is 2.29. The Morgan fingerprint density at radius 3 is 2.82 bits per heavy atom. The minimum absolute atomic E-state index is 0.00848. The second kappa shape index (κ2) is 7.38. The molecule has 0 saturated carbocycles. The van der Waals surface area contributed by atoms with E-state index in [4.69, 9.17) is 9.47 Å². The molecule has 0 unspecified atom stereocenters. The van der Waals surface area contributed by atoms with Crippen molar-refractivity contribution in [3.63, 3.8) is 0 Å². The van der Waals surface area contributed by atoms with E-state index in [-0.39, 0.29) is 18.5 Å². The number of rotatable bonds is 4. The number of nitrogens with one attached hydrogen (secondary N) is 1. The van der Waals surface area contributed by atoms with Crippen LogP contribution in [-0.2, 0) is 22.5 Å². The van der Waals surface area contributed by atoms with Gasteiger partial charge in [-0.05, 0) is 42.8 Å². The quantitative estimate of drug-likeness (QED) is 0.708. The first-order valence-electron chi connectivity index (χ1n) is 9.24. The normalized spacial score (nSPS) is 13.3. The van der Waals surface area contributed by atoms with Gasteiger partial charge in [0.25, 0.3) is 5.91 Å². The minimum Gasteiger partial charge on any atom is -0.484 e. The number of aryl methyl sites for hydroxylation is 1. The van der Waals surface area contributed by atoms with Gasteiger partial charge in [0, 0.05) is 41.7 Å². The molecule has 0 spiro atoms. The zero-order chi connectivity index (χ0) is 19.7. The summed E-state index contributed by atoms with van der Waals surface area (Å²) < 4.78 is 10.5. The third kappa shape index (κ3) is 3.45. The molecule has 2 heterocycles. The topological polar surface area (TPSA) is 71.6 Å². The average Bonchev–Trinajstić information content (AvgIpc) is 3.08. The van der Waals surface area contributed by atoms with E-state index < -0.39 is 0 Å². The maximum Gasteiger partial charge on any atom is 0.337 e. The summed E-state index contributed by atoms with van der Waals surface area (Å²) in [6.07, 6.45) is 0.744. The third-order valence-electron chi connectivity index (χ3n) is 5.10. The number of ether oxygens (including phenoxy) is 2. The summed E-state index contributed by atoms with van der Waals surface area (Å²) in [4.78, 5) is 29.7. The third-order valence-corrected chi connectivity index (χ3v) is 5.10. The van der Waals surface area contributed by atoms with E-state index >= 15 is 0 Å². The Balaban J connectivity index is 1.51. The zero-order valence-corrected chi connectivity index (χ0v) is 16.0. The Kier molecular flexibility index (Phi) is 4.77. The van der Waals surface area contributed by atoms with Gasteiger partial charge >= 0.3 is 5.97 Å². The molecule has 28 heavy (non-hydrogen) atoms. The molecular formula is C22H22N2O4. The van der Waals surface area contributed by atoms with E-state index in [9.17, 15) is 9.59 Å². The predicted octanol–water partition coefficient (Wildman–Crippen LogP) is 3.23. The van der Waals surface area contributed by atoms with Gasteiger partial charge in [-0.15, -0.1) is 0 Å². The van der Waals surface area contributed by atoms with Gasteiger partial charge in [-0.25, -0.2) is 4.79 Å². The van der Waals surface area contributed by atoms with Crippen LogP contribution in [0.3, 0.4) is 0 Å². The summed E-state index contributed by atoms with van der Waals surface area (Å²) in [5, 5.41) is 0.954. The lowest BCUT2D eigenvalue weighted by atomic mass is 10.0. The van der Waals surface area contributed by atoms with Crippen LogP contribution in [0.25, 0.3) is 10.9 Å². The fraction of sp³-hybridized carbons (Fsp3) is 0.273. The average molecular weight is 378 g/mol. The number of H-pyrrole nitrogens is 1. The van der Waals surface area contributed by atoms with Gasteiger partial charge in [0.1, 0.15) is 5.75 Å². The van der Waals surface area contributed by atoms with E-state index in [2.05, 4.69) is 4.98 Å². The maximum absolute atomic E-state index is 12.7. The molecule has 4 rings (SSSR count). The molecule has 0 bridgehead atoms. The predicted molar refractivity (Wildman–Crippen MR) is 105 cm³/mol. The lowest BCUT2D eigenvalue weighted by Gasteiger charge is -2.27. The summed E-state index contributed by atoms with van der Waals surface area (Å²) in [6.45, 7) is 3.13. The molecule has 1 aliphatic rings. The molecule has 0 aliphatic carbocycles. The number of carbonyl (C=O) groups is 2. The monoisotopic (exact) mass is 378 g/mol.